The summed E-state index contributed by atoms with van der Waals surface area (Å²) in [5.74, 6) is -0.137. The lowest BCUT2D eigenvalue weighted by molar-refractivity contribution is 0.0948. The van der Waals surface area contributed by atoms with Crippen molar-refractivity contribution in [2.45, 2.75) is 26.8 Å². The van der Waals surface area contributed by atoms with Crippen LogP contribution < -0.4 is 5.32 Å². The monoisotopic (exact) mass is 291 g/mol. The van der Waals surface area contributed by atoms with Crippen LogP contribution in [0.3, 0.4) is 0 Å². The predicted molar refractivity (Wildman–Crippen MR) is 80.1 cm³/mol. The Hall–Kier alpha value is -1.81. The molecule has 1 aromatic heterocycles. The Morgan fingerprint density at radius 3 is 2.85 bits per heavy atom. The van der Waals surface area contributed by atoms with Gasteiger partial charge in [-0.25, -0.2) is 0 Å². The Balaban J connectivity index is 1.89. The minimum atomic E-state index is -0.137. The molecule has 0 atom stereocenters. The number of benzene rings is 1. The molecule has 0 unspecified atom stereocenters. The number of aryl methyl sites for hydroxylation is 2. The summed E-state index contributed by atoms with van der Waals surface area (Å²) in [6.07, 6.45) is 0.750. The largest absolute Gasteiger partial charge is 0.350 e. The van der Waals surface area contributed by atoms with Gasteiger partial charge in [0.25, 0.3) is 5.91 Å². The lowest BCUT2D eigenvalue weighted by atomic mass is 10.1. The second kappa shape index (κ2) is 6.57. The van der Waals surface area contributed by atoms with Crippen molar-refractivity contribution in [3.05, 3.63) is 52.3 Å². The number of nitrogens with one attached hydrogen (secondary N) is 1. The molecule has 0 aliphatic carbocycles. The fourth-order valence-electron chi connectivity index (χ4n) is 2.04. The van der Waals surface area contributed by atoms with Crippen LogP contribution >= 0.6 is 11.6 Å². The topological polar surface area (TPSA) is 46.9 Å². The molecular weight excluding hydrogens is 274 g/mol. The molecule has 0 bridgehead atoms. The van der Waals surface area contributed by atoms with E-state index in [0.29, 0.717) is 17.3 Å². The standard InChI is InChI=1S/C15H18ClN3O/c1-3-19-11(2)9-14(18-19)15(20)17-8-7-12-5-4-6-13(16)10-12/h4-6,9-10H,3,7-8H2,1-2H3,(H,17,20). The SMILES string of the molecule is CCn1nc(C(=O)NCCc2cccc(Cl)c2)cc1C. The zero-order chi connectivity index (χ0) is 14.5. The molecule has 20 heavy (non-hydrogen) atoms. The van der Waals surface area contributed by atoms with Crippen LogP contribution in [0.5, 0.6) is 0 Å². The molecule has 0 aliphatic heterocycles. The fourth-order valence-corrected chi connectivity index (χ4v) is 2.26. The molecule has 1 heterocycles. The fraction of sp³-hybridized carbons (Fsp3) is 0.333. The molecule has 4 nitrogen and oxygen atoms in total. The van der Waals surface area contributed by atoms with Crippen molar-refractivity contribution in [3.63, 3.8) is 0 Å². The summed E-state index contributed by atoms with van der Waals surface area (Å²) in [5.41, 5.74) is 2.57. The smallest absolute Gasteiger partial charge is 0.271 e. The molecular formula is C15H18ClN3O. The summed E-state index contributed by atoms with van der Waals surface area (Å²) in [6.45, 7) is 5.28. The molecule has 0 saturated carbocycles. The van der Waals surface area contributed by atoms with Crippen LogP contribution in [0.25, 0.3) is 0 Å². The van der Waals surface area contributed by atoms with Gasteiger partial charge in [0.05, 0.1) is 0 Å². The third kappa shape index (κ3) is 3.61. The van der Waals surface area contributed by atoms with Gasteiger partial charge in [0, 0.05) is 23.8 Å². The van der Waals surface area contributed by atoms with Gasteiger partial charge in [-0.3, -0.25) is 9.48 Å². The second-order valence-corrected chi connectivity index (χ2v) is 5.06. The molecule has 2 rings (SSSR count). The van der Waals surface area contributed by atoms with E-state index in [1.807, 2.05) is 42.8 Å². The zero-order valence-corrected chi connectivity index (χ0v) is 12.4. The first-order valence-corrected chi connectivity index (χ1v) is 7.05. The van der Waals surface area contributed by atoms with E-state index in [9.17, 15) is 4.79 Å². The summed E-state index contributed by atoms with van der Waals surface area (Å²) in [6, 6.07) is 9.45. The first kappa shape index (κ1) is 14.6. The minimum Gasteiger partial charge on any atom is -0.350 e. The maximum atomic E-state index is 12.0. The van der Waals surface area contributed by atoms with E-state index in [4.69, 9.17) is 11.6 Å². The van der Waals surface area contributed by atoms with Crippen LogP contribution in [-0.4, -0.2) is 22.2 Å². The van der Waals surface area contributed by atoms with Gasteiger partial charge in [-0.1, -0.05) is 23.7 Å². The maximum absolute atomic E-state index is 12.0. The van der Waals surface area contributed by atoms with Crippen LogP contribution in [-0.2, 0) is 13.0 Å². The van der Waals surface area contributed by atoms with E-state index in [1.54, 1.807) is 6.07 Å². The van der Waals surface area contributed by atoms with Gasteiger partial charge < -0.3 is 5.32 Å². The summed E-state index contributed by atoms with van der Waals surface area (Å²) in [7, 11) is 0. The minimum absolute atomic E-state index is 0.137. The average molecular weight is 292 g/mol. The Morgan fingerprint density at radius 1 is 1.40 bits per heavy atom. The molecule has 0 spiro atoms. The lowest BCUT2D eigenvalue weighted by Crippen LogP contribution is -2.26. The summed E-state index contributed by atoms with van der Waals surface area (Å²) in [5, 5.41) is 7.84. The van der Waals surface area contributed by atoms with Crippen molar-refractivity contribution in [3.8, 4) is 0 Å². The number of hydrogen-bond donors (Lipinski definition) is 1. The number of carbonyl (C=O) groups excluding carboxylic acids is 1. The van der Waals surface area contributed by atoms with Crippen molar-refractivity contribution in [2.75, 3.05) is 6.54 Å². The van der Waals surface area contributed by atoms with Gasteiger partial charge in [-0.2, -0.15) is 5.10 Å². The molecule has 1 aromatic carbocycles. The molecule has 0 aliphatic rings. The molecule has 0 radical (unpaired) electrons. The van der Waals surface area contributed by atoms with E-state index >= 15 is 0 Å². The Bertz CT molecular complexity index is 607. The van der Waals surface area contributed by atoms with Crippen LogP contribution in [0.15, 0.2) is 30.3 Å². The van der Waals surface area contributed by atoms with Crippen molar-refractivity contribution in [2.24, 2.45) is 0 Å². The van der Waals surface area contributed by atoms with Crippen molar-refractivity contribution in [1.29, 1.82) is 0 Å². The van der Waals surface area contributed by atoms with E-state index in [1.165, 1.54) is 0 Å². The number of aromatic nitrogens is 2. The number of halogens is 1. The first-order valence-electron chi connectivity index (χ1n) is 6.67. The highest BCUT2D eigenvalue weighted by Crippen LogP contribution is 2.10. The third-order valence-corrected chi connectivity index (χ3v) is 3.34. The summed E-state index contributed by atoms with van der Waals surface area (Å²) >= 11 is 5.92. The first-order chi connectivity index (χ1) is 9.60. The Labute approximate surface area is 123 Å². The number of carbonyl (C=O) groups is 1. The lowest BCUT2D eigenvalue weighted by Gasteiger charge is -2.04. The molecule has 0 fully saturated rings. The highest BCUT2D eigenvalue weighted by molar-refractivity contribution is 6.30. The van der Waals surface area contributed by atoms with Gasteiger partial charge in [0.2, 0.25) is 0 Å². The van der Waals surface area contributed by atoms with Gasteiger partial charge >= 0.3 is 0 Å². The molecule has 1 amide bonds. The highest BCUT2D eigenvalue weighted by atomic mass is 35.5. The quantitative estimate of drug-likeness (QED) is 0.921. The normalized spacial score (nSPS) is 10.6. The number of hydrogen-bond acceptors (Lipinski definition) is 2. The third-order valence-electron chi connectivity index (χ3n) is 3.10. The highest BCUT2D eigenvalue weighted by Gasteiger charge is 2.10. The van der Waals surface area contributed by atoms with Gasteiger partial charge in [0.15, 0.2) is 0 Å². The number of nitrogens with zero attached hydrogens (tertiary/aromatic N) is 2. The van der Waals surface area contributed by atoms with Gasteiger partial charge in [-0.15, -0.1) is 0 Å². The number of rotatable bonds is 5. The van der Waals surface area contributed by atoms with Crippen molar-refractivity contribution in [1.82, 2.24) is 15.1 Å². The van der Waals surface area contributed by atoms with E-state index < -0.39 is 0 Å². The summed E-state index contributed by atoms with van der Waals surface area (Å²) < 4.78 is 1.81. The van der Waals surface area contributed by atoms with Gasteiger partial charge in [-0.05, 0) is 44.0 Å². The van der Waals surface area contributed by atoms with E-state index in [2.05, 4.69) is 10.4 Å². The van der Waals surface area contributed by atoms with Crippen LogP contribution in [0.2, 0.25) is 5.02 Å². The van der Waals surface area contributed by atoms with Crippen LogP contribution in [0.4, 0.5) is 0 Å². The van der Waals surface area contributed by atoms with E-state index in [0.717, 1.165) is 24.2 Å². The predicted octanol–water partition coefficient (Wildman–Crippen LogP) is 2.84. The second-order valence-electron chi connectivity index (χ2n) is 4.62. The average Bonchev–Trinajstić information content (AvgIpc) is 2.80. The van der Waals surface area contributed by atoms with E-state index in [-0.39, 0.29) is 5.91 Å². The Morgan fingerprint density at radius 2 is 2.20 bits per heavy atom. The summed E-state index contributed by atoms with van der Waals surface area (Å²) in [4.78, 5) is 12.0. The Kier molecular flexibility index (Phi) is 4.79. The van der Waals surface area contributed by atoms with Crippen molar-refractivity contribution >= 4 is 17.5 Å². The zero-order valence-electron chi connectivity index (χ0n) is 11.7. The molecule has 106 valence electrons. The van der Waals surface area contributed by atoms with Crippen LogP contribution in [0.1, 0.15) is 28.7 Å². The molecule has 2 aromatic rings. The number of amides is 1. The molecule has 1 N–H and O–H groups in total. The van der Waals surface area contributed by atoms with Gasteiger partial charge in [0.1, 0.15) is 5.69 Å². The maximum Gasteiger partial charge on any atom is 0.271 e. The van der Waals surface area contributed by atoms with Crippen LogP contribution in [0, 0.1) is 6.92 Å². The van der Waals surface area contributed by atoms with Crippen molar-refractivity contribution < 1.29 is 4.79 Å². The molecule has 5 heteroatoms. The molecule has 0 saturated heterocycles.